The molecule has 0 saturated carbocycles. The molecule has 0 aliphatic heterocycles. The van der Waals surface area contributed by atoms with Gasteiger partial charge in [-0.15, -0.1) is 0 Å². The van der Waals surface area contributed by atoms with Gasteiger partial charge in [0.2, 0.25) is 5.91 Å². The molecule has 74 valence electrons. The summed E-state index contributed by atoms with van der Waals surface area (Å²) < 4.78 is 4.94. The summed E-state index contributed by atoms with van der Waals surface area (Å²) in [5, 5.41) is 12.4. The van der Waals surface area contributed by atoms with Gasteiger partial charge in [0, 0.05) is 6.08 Å². The lowest BCUT2D eigenvalue weighted by Crippen LogP contribution is -2.23. The first-order valence-corrected chi connectivity index (χ1v) is 3.88. The van der Waals surface area contributed by atoms with Crippen molar-refractivity contribution in [2.75, 3.05) is 0 Å². The average Bonchev–Trinajstić information content (AvgIpc) is 2.63. The van der Waals surface area contributed by atoms with Crippen LogP contribution in [0.5, 0.6) is 0 Å². The number of carbonyl (C=O) groups is 2. The molecule has 1 heterocycles. The minimum Gasteiger partial charge on any atom is -0.545 e. The van der Waals surface area contributed by atoms with E-state index in [1.54, 1.807) is 12.1 Å². The monoisotopic (exact) mass is 194 g/mol. The van der Waals surface area contributed by atoms with Crippen molar-refractivity contribution in [3.63, 3.8) is 0 Å². The maximum atomic E-state index is 10.9. The van der Waals surface area contributed by atoms with Crippen molar-refractivity contribution in [1.29, 1.82) is 0 Å². The number of amides is 1. The summed E-state index contributed by atoms with van der Waals surface area (Å²) in [6.07, 6.45) is 3.04. The van der Waals surface area contributed by atoms with E-state index in [1.165, 1.54) is 6.26 Å². The first kappa shape index (κ1) is 10.0. The Balaban J connectivity index is 2.32. The summed E-state index contributed by atoms with van der Waals surface area (Å²) in [5.74, 6) is -1.32. The first-order valence-electron chi connectivity index (χ1n) is 3.88. The second-order valence-electron chi connectivity index (χ2n) is 2.45. The fourth-order valence-corrected chi connectivity index (χ4v) is 0.790. The Morgan fingerprint density at radius 3 is 2.86 bits per heavy atom. The van der Waals surface area contributed by atoms with Crippen LogP contribution < -0.4 is 10.4 Å². The number of hydrogen-bond donors (Lipinski definition) is 1. The second-order valence-corrected chi connectivity index (χ2v) is 2.45. The van der Waals surface area contributed by atoms with E-state index in [0.717, 1.165) is 6.08 Å². The zero-order chi connectivity index (χ0) is 10.4. The van der Waals surface area contributed by atoms with Crippen molar-refractivity contribution < 1.29 is 19.1 Å². The maximum absolute atomic E-state index is 10.9. The van der Waals surface area contributed by atoms with Crippen molar-refractivity contribution in [1.82, 2.24) is 5.32 Å². The Labute approximate surface area is 80.0 Å². The van der Waals surface area contributed by atoms with Gasteiger partial charge in [0.15, 0.2) is 0 Å². The maximum Gasteiger partial charge on any atom is 0.244 e. The van der Waals surface area contributed by atoms with Crippen molar-refractivity contribution in [2.45, 2.75) is 6.54 Å². The lowest BCUT2D eigenvalue weighted by atomic mass is 10.4. The van der Waals surface area contributed by atoms with E-state index in [0.29, 0.717) is 11.8 Å². The highest BCUT2D eigenvalue weighted by Crippen LogP contribution is 1.98. The Kier molecular flexibility index (Phi) is 3.49. The minimum atomic E-state index is -1.40. The molecule has 1 aromatic rings. The third kappa shape index (κ3) is 3.57. The van der Waals surface area contributed by atoms with Crippen LogP contribution in [0.4, 0.5) is 0 Å². The van der Waals surface area contributed by atoms with Crippen LogP contribution in [0.1, 0.15) is 5.76 Å². The molecule has 0 bridgehead atoms. The lowest BCUT2D eigenvalue weighted by molar-refractivity contribution is -0.297. The van der Waals surface area contributed by atoms with Crippen molar-refractivity contribution >= 4 is 11.9 Å². The molecule has 0 unspecified atom stereocenters. The predicted molar refractivity (Wildman–Crippen MR) is 44.7 cm³/mol. The zero-order valence-electron chi connectivity index (χ0n) is 7.23. The number of carboxylic acids is 1. The molecular formula is C9H8NO4-. The van der Waals surface area contributed by atoms with Gasteiger partial charge < -0.3 is 19.6 Å². The first-order chi connectivity index (χ1) is 6.68. The highest BCUT2D eigenvalue weighted by atomic mass is 16.4. The number of rotatable bonds is 4. The van der Waals surface area contributed by atoms with Crippen LogP contribution >= 0.6 is 0 Å². The third-order valence-electron chi connectivity index (χ3n) is 1.39. The zero-order valence-corrected chi connectivity index (χ0v) is 7.23. The molecule has 0 fully saturated rings. The van der Waals surface area contributed by atoms with E-state index in [9.17, 15) is 14.7 Å². The summed E-state index contributed by atoms with van der Waals surface area (Å²) in [7, 11) is 0. The van der Waals surface area contributed by atoms with Crippen molar-refractivity contribution in [2.24, 2.45) is 0 Å². The molecule has 0 radical (unpaired) electrons. The number of aliphatic carboxylic acids is 1. The lowest BCUT2D eigenvalue weighted by Gasteiger charge is -1.98. The van der Waals surface area contributed by atoms with Crippen molar-refractivity contribution in [3.05, 3.63) is 36.3 Å². The van der Waals surface area contributed by atoms with Gasteiger partial charge in [-0.3, -0.25) is 4.79 Å². The van der Waals surface area contributed by atoms with Gasteiger partial charge in [-0.1, -0.05) is 0 Å². The number of carbonyl (C=O) groups excluding carboxylic acids is 2. The van der Waals surface area contributed by atoms with Gasteiger partial charge in [0.25, 0.3) is 0 Å². The molecule has 0 spiro atoms. The molecule has 5 heteroatoms. The topological polar surface area (TPSA) is 82.4 Å². The Morgan fingerprint density at radius 1 is 1.50 bits per heavy atom. The molecular weight excluding hydrogens is 186 g/mol. The molecule has 0 saturated heterocycles. The van der Waals surface area contributed by atoms with Crippen LogP contribution in [0.2, 0.25) is 0 Å². The van der Waals surface area contributed by atoms with Gasteiger partial charge in [-0.05, 0) is 18.2 Å². The van der Waals surface area contributed by atoms with Gasteiger partial charge in [-0.2, -0.15) is 0 Å². The van der Waals surface area contributed by atoms with Gasteiger partial charge >= 0.3 is 0 Å². The van der Waals surface area contributed by atoms with E-state index >= 15 is 0 Å². The van der Waals surface area contributed by atoms with E-state index < -0.39 is 11.9 Å². The highest BCUT2D eigenvalue weighted by molar-refractivity contribution is 5.93. The summed E-state index contributed by atoms with van der Waals surface area (Å²) in [6.45, 7) is 0.225. The SMILES string of the molecule is O=C([O-])C=CC(=O)NCc1ccco1. The van der Waals surface area contributed by atoms with Crippen LogP contribution in [-0.4, -0.2) is 11.9 Å². The van der Waals surface area contributed by atoms with Gasteiger partial charge in [0.05, 0.1) is 18.8 Å². The van der Waals surface area contributed by atoms with Crippen LogP contribution in [0, 0.1) is 0 Å². The Hall–Kier alpha value is -2.04. The molecule has 0 aliphatic carbocycles. The quantitative estimate of drug-likeness (QED) is 0.636. The van der Waals surface area contributed by atoms with E-state index in [2.05, 4.69) is 5.32 Å². The molecule has 0 aliphatic rings. The van der Waals surface area contributed by atoms with Gasteiger partial charge in [-0.25, -0.2) is 0 Å². The molecule has 1 N–H and O–H groups in total. The van der Waals surface area contributed by atoms with Gasteiger partial charge in [0.1, 0.15) is 5.76 Å². The smallest absolute Gasteiger partial charge is 0.244 e. The molecule has 0 aromatic carbocycles. The molecule has 1 rings (SSSR count). The van der Waals surface area contributed by atoms with Crippen LogP contribution in [0.3, 0.4) is 0 Å². The van der Waals surface area contributed by atoms with Crippen LogP contribution in [0.25, 0.3) is 0 Å². The third-order valence-corrected chi connectivity index (χ3v) is 1.39. The summed E-state index contributed by atoms with van der Waals surface area (Å²) in [4.78, 5) is 20.9. The summed E-state index contributed by atoms with van der Waals surface area (Å²) in [6, 6.07) is 3.39. The molecule has 5 nitrogen and oxygen atoms in total. The van der Waals surface area contributed by atoms with Crippen LogP contribution in [-0.2, 0) is 16.1 Å². The van der Waals surface area contributed by atoms with E-state index in [1.807, 2.05) is 0 Å². The van der Waals surface area contributed by atoms with Crippen LogP contribution in [0.15, 0.2) is 35.0 Å². The summed E-state index contributed by atoms with van der Waals surface area (Å²) in [5.41, 5.74) is 0. The molecule has 14 heavy (non-hydrogen) atoms. The second kappa shape index (κ2) is 4.86. The Bertz CT molecular complexity index is 340. The fraction of sp³-hybridized carbons (Fsp3) is 0.111. The molecule has 1 aromatic heterocycles. The predicted octanol–water partition coefficient (Wildman–Crippen LogP) is -0.798. The molecule has 0 atom stereocenters. The van der Waals surface area contributed by atoms with Crippen molar-refractivity contribution in [3.8, 4) is 0 Å². The highest BCUT2D eigenvalue weighted by Gasteiger charge is 1.97. The fourth-order valence-electron chi connectivity index (χ4n) is 0.790. The number of hydrogen-bond acceptors (Lipinski definition) is 4. The largest absolute Gasteiger partial charge is 0.545 e. The van der Waals surface area contributed by atoms with E-state index in [4.69, 9.17) is 4.42 Å². The number of furan rings is 1. The molecule has 1 amide bonds. The number of nitrogens with one attached hydrogen (secondary N) is 1. The number of carboxylic acid groups (broad SMARTS) is 1. The average molecular weight is 194 g/mol. The normalized spacial score (nSPS) is 10.3. The Morgan fingerprint density at radius 2 is 2.29 bits per heavy atom. The minimum absolute atomic E-state index is 0.225. The standard InChI is InChI=1S/C9H9NO4/c11-8(3-4-9(12)13)10-6-7-2-1-5-14-7/h1-5H,6H2,(H,10,11)(H,12,13)/p-1. The summed E-state index contributed by atoms with van der Waals surface area (Å²) >= 11 is 0. The van der Waals surface area contributed by atoms with E-state index in [-0.39, 0.29) is 6.54 Å².